The van der Waals surface area contributed by atoms with Gasteiger partial charge in [-0.3, -0.25) is 0 Å². The molecule has 0 atom stereocenters. The number of nitrogens with zero attached hydrogens (tertiary/aromatic N) is 1. The second kappa shape index (κ2) is 5.33. The molecule has 0 spiro atoms. The van der Waals surface area contributed by atoms with E-state index < -0.39 is 10.0 Å². The van der Waals surface area contributed by atoms with Crippen molar-refractivity contribution >= 4 is 21.4 Å². The van der Waals surface area contributed by atoms with Crippen LogP contribution in [0, 0.1) is 0 Å². The smallest absolute Gasteiger partial charge is 0.244 e. The van der Waals surface area contributed by atoms with Crippen LogP contribution in [-0.4, -0.2) is 23.9 Å². The van der Waals surface area contributed by atoms with Crippen LogP contribution in [0.25, 0.3) is 0 Å². The summed E-state index contributed by atoms with van der Waals surface area (Å²) in [5.41, 5.74) is 0. The molecule has 1 aliphatic rings. The number of sulfonamides is 1. The second-order valence-electron chi connectivity index (χ2n) is 4.73. The molecule has 0 aromatic carbocycles. The predicted molar refractivity (Wildman–Crippen MR) is 74.7 cm³/mol. The third-order valence-electron chi connectivity index (χ3n) is 3.28. The Hall–Kier alpha value is -1.15. The predicted octanol–water partition coefficient (Wildman–Crippen LogP) is 2.19. The highest BCUT2D eigenvalue weighted by Gasteiger charge is 2.39. The van der Waals surface area contributed by atoms with E-state index in [4.69, 9.17) is 4.42 Å². The van der Waals surface area contributed by atoms with Gasteiger partial charge in [-0.25, -0.2) is 8.42 Å². The molecular weight excluding hydrogens is 298 g/mol. The normalized spacial score (nSPS) is 15.9. The van der Waals surface area contributed by atoms with Crippen LogP contribution < -0.4 is 0 Å². The molecule has 7 heteroatoms. The molecule has 0 aliphatic heterocycles. The van der Waals surface area contributed by atoms with Crippen LogP contribution in [0.5, 0.6) is 0 Å². The zero-order valence-electron chi connectivity index (χ0n) is 10.7. The van der Waals surface area contributed by atoms with Gasteiger partial charge in [-0.15, -0.1) is 11.3 Å². The largest absolute Gasteiger partial charge is 0.468 e. The number of furan rings is 1. The fraction of sp³-hybridized carbons (Fsp3) is 0.385. The maximum absolute atomic E-state index is 12.8. The molecule has 20 heavy (non-hydrogen) atoms. The molecule has 1 saturated carbocycles. The second-order valence-corrected chi connectivity index (χ2v) is 7.59. The first-order valence-corrected chi connectivity index (χ1v) is 8.66. The van der Waals surface area contributed by atoms with E-state index in [1.807, 2.05) is 0 Å². The number of hydrogen-bond acceptors (Lipinski definition) is 5. The third kappa shape index (κ3) is 2.54. The summed E-state index contributed by atoms with van der Waals surface area (Å²) in [5.74, 6) is 0.626. The van der Waals surface area contributed by atoms with Crippen molar-refractivity contribution < 1.29 is 17.9 Å². The quantitative estimate of drug-likeness (QED) is 0.887. The number of hydrogen-bond donors (Lipinski definition) is 1. The van der Waals surface area contributed by atoms with E-state index >= 15 is 0 Å². The van der Waals surface area contributed by atoms with Gasteiger partial charge < -0.3 is 9.52 Å². The fourth-order valence-electron chi connectivity index (χ4n) is 2.13. The molecule has 3 rings (SSSR count). The summed E-state index contributed by atoms with van der Waals surface area (Å²) in [5, 5.41) is 11.0. The minimum atomic E-state index is -3.59. The van der Waals surface area contributed by atoms with Crippen molar-refractivity contribution in [3.63, 3.8) is 0 Å². The summed E-state index contributed by atoms with van der Waals surface area (Å²) in [6.07, 6.45) is 3.29. The standard InChI is InChI=1S/C13H15NO4S2/c15-9-12-13(5-7-19-12)20(16,17)14(10-3-4-10)8-11-2-1-6-18-11/h1-2,5-7,10,15H,3-4,8-9H2. The van der Waals surface area contributed by atoms with Crippen molar-refractivity contribution in [2.24, 2.45) is 0 Å². The van der Waals surface area contributed by atoms with Gasteiger partial charge in [0.2, 0.25) is 10.0 Å². The average molecular weight is 313 g/mol. The minimum absolute atomic E-state index is 0.0385. The molecule has 2 aromatic heterocycles. The lowest BCUT2D eigenvalue weighted by atomic mass is 10.4. The van der Waals surface area contributed by atoms with Gasteiger partial charge in [-0.05, 0) is 36.4 Å². The molecule has 1 aliphatic carbocycles. The molecule has 0 radical (unpaired) electrons. The van der Waals surface area contributed by atoms with Gasteiger partial charge >= 0.3 is 0 Å². The molecule has 0 amide bonds. The molecule has 0 unspecified atom stereocenters. The van der Waals surface area contributed by atoms with Crippen molar-refractivity contribution in [1.29, 1.82) is 0 Å². The van der Waals surface area contributed by atoms with Crippen LogP contribution >= 0.6 is 11.3 Å². The van der Waals surface area contributed by atoms with Crippen LogP contribution in [-0.2, 0) is 23.2 Å². The summed E-state index contributed by atoms with van der Waals surface area (Å²) >= 11 is 1.25. The monoisotopic (exact) mass is 313 g/mol. The molecule has 2 aromatic rings. The Balaban J connectivity index is 1.94. The topological polar surface area (TPSA) is 70.8 Å². The summed E-state index contributed by atoms with van der Waals surface area (Å²) in [4.78, 5) is 0.693. The van der Waals surface area contributed by atoms with Crippen LogP contribution in [0.15, 0.2) is 39.2 Å². The molecule has 5 nitrogen and oxygen atoms in total. The Morgan fingerprint density at radius 2 is 2.20 bits per heavy atom. The van der Waals surface area contributed by atoms with Crippen LogP contribution in [0.3, 0.4) is 0 Å². The Morgan fingerprint density at radius 1 is 1.40 bits per heavy atom. The highest BCUT2D eigenvalue weighted by atomic mass is 32.2. The lowest BCUT2D eigenvalue weighted by Gasteiger charge is -2.20. The lowest BCUT2D eigenvalue weighted by Crippen LogP contribution is -2.32. The number of aliphatic hydroxyl groups excluding tert-OH is 1. The van der Waals surface area contributed by atoms with Gasteiger partial charge in [-0.1, -0.05) is 0 Å². The van der Waals surface area contributed by atoms with Gasteiger partial charge in [0.05, 0.1) is 24.3 Å². The average Bonchev–Trinajstić information content (AvgIpc) is 2.95. The summed E-state index contributed by atoms with van der Waals surface area (Å²) in [7, 11) is -3.59. The van der Waals surface area contributed by atoms with Gasteiger partial charge in [0.25, 0.3) is 0 Å². The Morgan fingerprint density at radius 3 is 2.80 bits per heavy atom. The van der Waals surface area contributed by atoms with E-state index in [-0.39, 0.29) is 24.1 Å². The highest BCUT2D eigenvalue weighted by molar-refractivity contribution is 7.89. The van der Waals surface area contributed by atoms with Gasteiger partial charge in [0, 0.05) is 10.9 Å². The van der Waals surface area contributed by atoms with Crippen LogP contribution in [0.1, 0.15) is 23.5 Å². The maximum atomic E-state index is 12.8. The van der Waals surface area contributed by atoms with E-state index in [2.05, 4.69) is 0 Å². The molecule has 1 fully saturated rings. The van der Waals surface area contributed by atoms with E-state index in [0.29, 0.717) is 10.6 Å². The summed E-state index contributed by atoms with van der Waals surface area (Å²) in [6.45, 7) is -0.0216. The SMILES string of the molecule is O=S(=O)(c1ccsc1CO)N(Cc1ccco1)C1CC1. The van der Waals surface area contributed by atoms with Crippen molar-refractivity contribution in [2.45, 2.75) is 36.9 Å². The molecule has 0 bridgehead atoms. The maximum Gasteiger partial charge on any atom is 0.244 e. The van der Waals surface area contributed by atoms with E-state index in [9.17, 15) is 13.5 Å². The van der Waals surface area contributed by atoms with E-state index in [1.54, 1.807) is 23.6 Å². The Kier molecular flexibility index (Phi) is 3.68. The van der Waals surface area contributed by atoms with E-state index in [1.165, 1.54) is 21.9 Å². The zero-order chi connectivity index (χ0) is 14.2. The Labute approximate surface area is 121 Å². The number of aliphatic hydroxyl groups is 1. The van der Waals surface area contributed by atoms with Crippen LogP contribution in [0.2, 0.25) is 0 Å². The summed E-state index contributed by atoms with van der Waals surface area (Å²) in [6, 6.07) is 5.11. The molecule has 0 saturated heterocycles. The van der Waals surface area contributed by atoms with Crippen molar-refractivity contribution in [3.8, 4) is 0 Å². The minimum Gasteiger partial charge on any atom is -0.468 e. The first kappa shape index (κ1) is 13.8. The van der Waals surface area contributed by atoms with Gasteiger partial charge in [-0.2, -0.15) is 4.31 Å². The molecular formula is C13H15NO4S2. The highest BCUT2D eigenvalue weighted by Crippen LogP contribution is 2.35. The Bertz CT molecular complexity index is 671. The van der Waals surface area contributed by atoms with Crippen molar-refractivity contribution in [2.75, 3.05) is 0 Å². The van der Waals surface area contributed by atoms with Gasteiger partial charge in [0.1, 0.15) is 5.76 Å². The molecule has 108 valence electrons. The van der Waals surface area contributed by atoms with Crippen molar-refractivity contribution in [1.82, 2.24) is 4.31 Å². The fourth-order valence-corrected chi connectivity index (χ4v) is 5.05. The first-order chi connectivity index (χ1) is 9.63. The number of rotatable bonds is 6. The first-order valence-electron chi connectivity index (χ1n) is 6.34. The zero-order valence-corrected chi connectivity index (χ0v) is 12.4. The molecule has 2 heterocycles. The lowest BCUT2D eigenvalue weighted by molar-refractivity contribution is 0.282. The van der Waals surface area contributed by atoms with Crippen LogP contribution in [0.4, 0.5) is 0 Å². The van der Waals surface area contributed by atoms with E-state index in [0.717, 1.165) is 12.8 Å². The molecule has 1 N–H and O–H groups in total. The third-order valence-corrected chi connectivity index (χ3v) is 6.30. The summed E-state index contributed by atoms with van der Waals surface area (Å²) < 4.78 is 32.3. The number of thiophene rings is 1. The van der Waals surface area contributed by atoms with Gasteiger partial charge in [0.15, 0.2) is 0 Å². The van der Waals surface area contributed by atoms with Crippen molar-refractivity contribution in [3.05, 3.63) is 40.5 Å².